The minimum Gasteiger partial charge on any atom is -0.365 e. The summed E-state index contributed by atoms with van der Waals surface area (Å²) in [6.45, 7) is -0.225. The third-order valence-electron chi connectivity index (χ3n) is 4.02. The Bertz CT molecular complexity index is 768. The van der Waals surface area contributed by atoms with Gasteiger partial charge in [-0.2, -0.15) is 0 Å². The zero-order chi connectivity index (χ0) is 19.5. The monoisotopic (exact) mass is 448 g/mol. The van der Waals surface area contributed by atoms with Gasteiger partial charge >= 0.3 is 0 Å². The number of benzene rings is 2. The van der Waals surface area contributed by atoms with E-state index in [2.05, 4.69) is 0 Å². The lowest BCUT2D eigenvalue weighted by Crippen LogP contribution is -2.38. The van der Waals surface area contributed by atoms with Crippen LogP contribution in [0.4, 0.5) is 0 Å². The number of halogens is 4. The standard InChI is InChI=1S/C19H16Cl4O4/c20-18(21,13-7-3-1-4-8-13)26-12-16-17(15(24)11-25-16)27-19(22,23)14-9-5-2-6-10-14/h1-10,16-17H,11-12H2/t16-,17+/m1/s1. The first kappa shape index (κ1) is 20.9. The summed E-state index contributed by atoms with van der Waals surface area (Å²) in [4.78, 5) is 12.2. The molecular weight excluding hydrogens is 434 g/mol. The summed E-state index contributed by atoms with van der Waals surface area (Å²) in [5, 5.41) is 0. The molecule has 1 aliphatic heterocycles. The van der Waals surface area contributed by atoms with Crippen molar-refractivity contribution in [2.75, 3.05) is 13.2 Å². The highest BCUT2D eigenvalue weighted by molar-refractivity contribution is 6.47. The molecule has 144 valence electrons. The van der Waals surface area contributed by atoms with E-state index in [4.69, 9.17) is 60.6 Å². The molecule has 1 heterocycles. The largest absolute Gasteiger partial charge is 0.365 e. The molecule has 2 aromatic rings. The van der Waals surface area contributed by atoms with E-state index in [9.17, 15) is 4.79 Å². The summed E-state index contributed by atoms with van der Waals surface area (Å²) in [6.07, 6.45) is -1.77. The molecule has 2 aromatic carbocycles. The molecule has 3 rings (SSSR count). The minimum absolute atomic E-state index is 0.0864. The lowest BCUT2D eigenvalue weighted by atomic mass is 10.1. The van der Waals surface area contributed by atoms with Crippen LogP contribution in [0.15, 0.2) is 60.7 Å². The van der Waals surface area contributed by atoms with Crippen LogP contribution in [0.3, 0.4) is 0 Å². The molecule has 1 saturated heterocycles. The van der Waals surface area contributed by atoms with Crippen molar-refractivity contribution in [3.8, 4) is 0 Å². The topological polar surface area (TPSA) is 44.8 Å². The molecule has 0 aromatic heterocycles. The SMILES string of the molecule is O=C1CO[C@H](COC(Cl)(Cl)c2ccccc2)[C@H]1OC(Cl)(Cl)c1ccccc1. The molecule has 1 aliphatic rings. The lowest BCUT2D eigenvalue weighted by Gasteiger charge is -2.28. The number of Topliss-reactive ketones (excluding diaryl/α,β-unsaturated/α-hetero) is 1. The second-order valence-electron chi connectivity index (χ2n) is 5.93. The highest BCUT2D eigenvalue weighted by Crippen LogP contribution is 2.39. The Balaban J connectivity index is 1.68. The second kappa shape index (κ2) is 8.66. The summed E-state index contributed by atoms with van der Waals surface area (Å²) in [5.41, 5.74) is 1.06. The van der Waals surface area contributed by atoms with Gasteiger partial charge in [-0.05, 0) is 0 Å². The van der Waals surface area contributed by atoms with Crippen LogP contribution in [0.1, 0.15) is 11.1 Å². The number of hydrogen-bond donors (Lipinski definition) is 0. The van der Waals surface area contributed by atoms with Gasteiger partial charge in [-0.25, -0.2) is 0 Å². The number of carbonyl (C=O) groups excluding carboxylic acids is 1. The van der Waals surface area contributed by atoms with E-state index in [0.717, 1.165) is 0 Å². The predicted octanol–water partition coefficient (Wildman–Crippen LogP) is 4.93. The quantitative estimate of drug-likeness (QED) is 0.562. The van der Waals surface area contributed by atoms with Crippen molar-refractivity contribution >= 4 is 52.2 Å². The Morgan fingerprint density at radius 3 is 1.96 bits per heavy atom. The fraction of sp³-hybridized carbons (Fsp3) is 0.316. The lowest BCUT2D eigenvalue weighted by molar-refractivity contribution is -0.131. The number of ether oxygens (including phenoxy) is 3. The Hall–Kier alpha value is -0.850. The molecule has 2 atom stereocenters. The molecule has 0 aliphatic carbocycles. The van der Waals surface area contributed by atoms with Crippen molar-refractivity contribution in [3.05, 3.63) is 71.8 Å². The number of alkyl halides is 4. The van der Waals surface area contributed by atoms with Crippen LogP contribution in [0.2, 0.25) is 0 Å². The van der Waals surface area contributed by atoms with E-state index in [-0.39, 0.29) is 19.0 Å². The number of carbonyl (C=O) groups is 1. The van der Waals surface area contributed by atoms with Crippen LogP contribution in [-0.4, -0.2) is 31.2 Å². The van der Waals surface area contributed by atoms with Crippen LogP contribution < -0.4 is 0 Å². The first-order chi connectivity index (χ1) is 12.8. The smallest absolute Gasteiger partial charge is 0.245 e. The van der Waals surface area contributed by atoms with E-state index in [0.29, 0.717) is 11.1 Å². The molecule has 0 unspecified atom stereocenters. The van der Waals surface area contributed by atoms with Crippen LogP contribution >= 0.6 is 46.4 Å². The summed E-state index contributed by atoms with van der Waals surface area (Å²) >= 11 is 25.1. The fourth-order valence-electron chi connectivity index (χ4n) is 2.61. The Morgan fingerprint density at radius 1 is 0.889 bits per heavy atom. The Morgan fingerprint density at radius 2 is 1.41 bits per heavy atom. The van der Waals surface area contributed by atoms with Crippen molar-refractivity contribution in [1.29, 1.82) is 0 Å². The van der Waals surface area contributed by atoms with Gasteiger partial charge in [-0.15, -0.1) is 0 Å². The van der Waals surface area contributed by atoms with Gasteiger partial charge < -0.3 is 14.2 Å². The van der Waals surface area contributed by atoms with Gasteiger partial charge in [-0.3, -0.25) is 4.79 Å². The first-order valence-electron chi connectivity index (χ1n) is 8.12. The maximum absolute atomic E-state index is 12.2. The summed E-state index contributed by atoms with van der Waals surface area (Å²) in [7, 11) is 0. The van der Waals surface area contributed by atoms with Crippen LogP contribution in [0.25, 0.3) is 0 Å². The van der Waals surface area contributed by atoms with Crippen LogP contribution in [0.5, 0.6) is 0 Å². The van der Waals surface area contributed by atoms with Gasteiger partial charge in [-0.1, -0.05) is 107 Å². The second-order valence-corrected chi connectivity index (χ2v) is 8.45. The van der Waals surface area contributed by atoms with Crippen molar-refractivity contribution in [1.82, 2.24) is 0 Å². The average Bonchev–Trinajstić information content (AvgIpc) is 3.01. The van der Waals surface area contributed by atoms with E-state index in [1.807, 2.05) is 12.1 Å². The Labute approximate surface area is 177 Å². The number of hydrogen-bond acceptors (Lipinski definition) is 4. The van der Waals surface area contributed by atoms with E-state index in [1.165, 1.54) is 0 Å². The van der Waals surface area contributed by atoms with E-state index < -0.39 is 21.2 Å². The zero-order valence-electron chi connectivity index (χ0n) is 14.0. The van der Waals surface area contributed by atoms with Gasteiger partial charge in [0, 0.05) is 11.1 Å². The zero-order valence-corrected chi connectivity index (χ0v) is 17.0. The highest BCUT2D eigenvalue weighted by Gasteiger charge is 2.44. The van der Waals surface area contributed by atoms with Crippen molar-refractivity contribution in [2.45, 2.75) is 21.2 Å². The fourth-order valence-corrected chi connectivity index (χ4v) is 3.43. The molecule has 0 radical (unpaired) electrons. The number of rotatable bonds is 7. The molecule has 1 fully saturated rings. The third-order valence-corrected chi connectivity index (χ3v) is 5.29. The van der Waals surface area contributed by atoms with Crippen molar-refractivity contribution in [2.24, 2.45) is 0 Å². The van der Waals surface area contributed by atoms with E-state index >= 15 is 0 Å². The first-order valence-corrected chi connectivity index (χ1v) is 9.63. The summed E-state index contributed by atoms with van der Waals surface area (Å²) in [6, 6.07) is 17.6. The molecule has 0 N–H and O–H groups in total. The molecule has 27 heavy (non-hydrogen) atoms. The van der Waals surface area contributed by atoms with Crippen LogP contribution in [0, 0.1) is 0 Å². The third kappa shape index (κ3) is 5.15. The Kier molecular flexibility index (Phi) is 6.70. The van der Waals surface area contributed by atoms with Gasteiger partial charge in [0.05, 0.1) is 6.61 Å². The van der Waals surface area contributed by atoms with Crippen LogP contribution in [-0.2, 0) is 28.0 Å². The molecule has 0 amide bonds. The van der Waals surface area contributed by atoms with Gasteiger partial charge in [0.25, 0.3) is 0 Å². The minimum atomic E-state index is -1.72. The van der Waals surface area contributed by atoms with Crippen molar-refractivity contribution in [3.63, 3.8) is 0 Å². The van der Waals surface area contributed by atoms with Gasteiger partial charge in [0.1, 0.15) is 12.7 Å². The molecular formula is C19H16Cl4O4. The summed E-state index contributed by atoms with van der Waals surface area (Å²) < 4.78 is 13.4. The normalized spacial score (nSPS) is 20.8. The number of ketones is 1. The summed E-state index contributed by atoms with van der Waals surface area (Å²) in [5.74, 6) is -0.292. The maximum atomic E-state index is 12.2. The highest BCUT2D eigenvalue weighted by atomic mass is 35.5. The van der Waals surface area contributed by atoms with Gasteiger partial charge in [0.2, 0.25) is 9.04 Å². The van der Waals surface area contributed by atoms with E-state index in [1.54, 1.807) is 48.5 Å². The predicted molar refractivity (Wildman–Crippen MR) is 105 cm³/mol. The molecule has 0 saturated carbocycles. The molecule has 8 heteroatoms. The van der Waals surface area contributed by atoms with Gasteiger partial charge in [0.15, 0.2) is 11.9 Å². The maximum Gasteiger partial charge on any atom is 0.245 e. The molecule has 0 spiro atoms. The molecule has 0 bridgehead atoms. The van der Waals surface area contributed by atoms with Crippen molar-refractivity contribution < 1.29 is 19.0 Å². The molecule has 4 nitrogen and oxygen atoms in total. The average molecular weight is 450 g/mol.